The number of carbonyl (C=O) groups is 2. The van der Waals surface area contributed by atoms with Crippen LogP contribution in [0.3, 0.4) is 0 Å². The number of amides is 2. The summed E-state index contributed by atoms with van der Waals surface area (Å²) in [6.07, 6.45) is 8.32. The fourth-order valence-electron chi connectivity index (χ4n) is 5.08. The molecule has 31 heavy (non-hydrogen) atoms. The number of pyridine rings is 1. The zero-order valence-corrected chi connectivity index (χ0v) is 18.3. The molecule has 3 aliphatic rings. The molecule has 0 saturated carbocycles. The van der Waals surface area contributed by atoms with Crippen molar-refractivity contribution in [3.05, 3.63) is 52.7 Å². The van der Waals surface area contributed by atoms with Gasteiger partial charge in [0.1, 0.15) is 5.82 Å². The summed E-state index contributed by atoms with van der Waals surface area (Å²) in [5.41, 5.74) is 4.82. The van der Waals surface area contributed by atoms with Crippen LogP contribution in [0.25, 0.3) is 0 Å². The maximum absolute atomic E-state index is 13.0. The topological polar surface area (TPSA) is 56.8 Å². The molecule has 0 N–H and O–H groups in total. The molecule has 0 atom stereocenters. The molecule has 0 unspecified atom stereocenters. The van der Waals surface area contributed by atoms with Crippen molar-refractivity contribution >= 4 is 23.3 Å². The van der Waals surface area contributed by atoms with Crippen molar-refractivity contribution in [3.8, 4) is 0 Å². The number of hydrogen-bond donors (Lipinski definition) is 0. The molecule has 0 bridgehead atoms. The maximum Gasteiger partial charge on any atom is 0.255 e. The first-order valence-electron chi connectivity index (χ1n) is 11.6. The molecule has 1 fully saturated rings. The third-order valence-corrected chi connectivity index (χ3v) is 6.83. The lowest BCUT2D eigenvalue weighted by atomic mass is 10.0. The summed E-state index contributed by atoms with van der Waals surface area (Å²) >= 11 is 0. The van der Waals surface area contributed by atoms with E-state index < -0.39 is 0 Å². The van der Waals surface area contributed by atoms with Gasteiger partial charge in [-0.15, -0.1) is 0 Å². The van der Waals surface area contributed by atoms with Crippen molar-refractivity contribution in [1.82, 2.24) is 14.8 Å². The highest BCUT2D eigenvalue weighted by Crippen LogP contribution is 2.35. The fourth-order valence-corrected chi connectivity index (χ4v) is 5.08. The van der Waals surface area contributed by atoms with Gasteiger partial charge in [0, 0.05) is 50.2 Å². The largest absolute Gasteiger partial charge is 0.339 e. The number of aromatic nitrogens is 1. The number of benzene rings is 1. The van der Waals surface area contributed by atoms with Crippen molar-refractivity contribution in [2.24, 2.45) is 0 Å². The fraction of sp³-hybridized carbons (Fsp3) is 0.480. The molecule has 6 nitrogen and oxygen atoms in total. The van der Waals surface area contributed by atoms with E-state index in [0.717, 1.165) is 80.1 Å². The predicted molar refractivity (Wildman–Crippen MR) is 121 cm³/mol. The average molecular weight is 419 g/mol. The molecule has 4 heterocycles. The average Bonchev–Trinajstić information content (AvgIpc) is 2.97. The Kier molecular flexibility index (Phi) is 5.38. The normalized spacial score (nSPS) is 18.6. The molecular formula is C25H30N4O2. The van der Waals surface area contributed by atoms with Gasteiger partial charge in [-0.25, -0.2) is 4.98 Å². The Labute approximate surface area is 183 Å². The number of likely N-dealkylation sites (tertiary alicyclic amines) is 1. The molecule has 3 aliphatic heterocycles. The van der Waals surface area contributed by atoms with Crippen LogP contribution in [0.5, 0.6) is 0 Å². The summed E-state index contributed by atoms with van der Waals surface area (Å²) in [6.45, 7) is 6.01. The van der Waals surface area contributed by atoms with E-state index in [9.17, 15) is 9.59 Å². The Balaban J connectivity index is 1.41. The molecule has 0 spiro atoms. The third-order valence-electron chi connectivity index (χ3n) is 6.83. The van der Waals surface area contributed by atoms with Crippen molar-refractivity contribution in [3.63, 3.8) is 0 Å². The van der Waals surface area contributed by atoms with Crippen molar-refractivity contribution in [1.29, 1.82) is 0 Å². The van der Waals surface area contributed by atoms with E-state index in [1.165, 1.54) is 12.8 Å². The molecule has 5 rings (SSSR count). The molecule has 1 aromatic heterocycles. The third kappa shape index (κ3) is 3.68. The highest BCUT2D eigenvalue weighted by molar-refractivity contribution is 5.99. The Bertz CT molecular complexity index is 1010. The van der Waals surface area contributed by atoms with Crippen molar-refractivity contribution < 1.29 is 9.59 Å². The summed E-state index contributed by atoms with van der Waals surface area (Å²) < 4.78 is 0. The molecule has 1 saturated heterocycles. The number of rotatable bonds is 3. The van der Waals surface area contributed by atoms with Gasteiger partial charge < -0.3 is 14.7 Å². The lowest BCUT2D eigenvalue weighted by molar-refractivity contribution is 0.0759. The standard InChI is InChI=1S/C25H30N4O2/c1-2-27-17-20-15-21(9-10-22(20)25(27)31)29-13-7-8-18-14-19(16-26-23(18)29)24(30)28-11-5-3-4-6-12-28/h9-10,14-16H,2-8,11-13,17H2,1H3. The Hall–Kier alpha value is -2.89. The number of fused-ring (bicyclic) bond motifs is 2. The Morgan fingerprint density at radius 2 is 1.81 bits per heavy atom. The van der Waals surface area contributed by atoms with Gasteiger partial charge in [0.15, 0.2) is 0 Å². The Morgan fingerprint density at radius 3 is 2.58 bits per heavy atom. The minimum atomic E-state index is 0.116. The number of anilines is 2. The molecule has 2 amide bonds. The van der Waals surface area contributed by atoms with Gasteiger partial charge in [-0.05, 0) is 68.0 Å². The SMILES string of the molecule is CCN1Cc2cc(N3CCCc4cc(C(=O)N5CCCCCC5)cnc43)ccc2C1=O. The summed E-state index contributed by atoms with van der Waals surface area (Å²) in [4.78, 5) is 36.3. The second-order valence-corrected chi connectivity index (χ2v) is 8.83. The Morgan fingerprint density at radius 1 is 1.00 bits per heavy atom. The second-order valence-electron chi connectivity index (χ2n) is 8.83. The van der Waals surface area contributed by atoms with Crippen LogP contribution in [-0.4, -0.2) is 52.8 Å². The van der Waals surface area contributed by atoms with E-state index in [1.807, 2.05) is 28.9 Å². The predicted octanol–water partition coefficient (Wildman–Crippen LogP) is 4.16. The smallest absolute Gasteiger partial charge is 0.255 e. The van der Waals surface area contributed by atoms with Crippen LogP contribution in [0.1, 0.15) is 70.9 Å². The van der Waals surface area contributed by atoms with Crippen LogP contribution < -0.4 is 4.90 Å². The first-order chi connectivity index (χ1) is 15.2. The van der Waals surface area contributed by atoms with Gasteiger partial charge in [0.25, 0.3) is 11.8 Å². The zero-order chi connectivity index (χ0) is 21.4. The molecule has 1 aromatic carbocycles. The van der Waals surface area contributed by atoms with Crippen LogP contribution in [0, 0.1) is 0 Å². The van der Waals surface area contributed by atoms with Crippen LogP contribution in [0.4, 0.5) is 11.5 Å². The first kappa shape index (κ1) is 20.0. The minimum absolute atomic E-state index is 0.116. The molecule has 2 aromatic rings. The van der Waals surface area contributed by atoms with E-state index in [4.69, 9.17) is 4.98 Å². The van der Waals surface area contributed by atoms with Crippen molar-refractivity contribution in [2.75, 3.05) is 31.1 Å². The number of carbonyl (C=O) groups excluding carboxylic acids is 2. The minimum Gasteiger partial charge on any atom is -0.339 e. The van der Waals surface area contributed by atoms with Crippen LogP contribution in [-0.2, 0) is 13.0 Å². The maximum atomic E-state index is 13.0. The molecule has 0 aliphatic carbocycles. The monoisotopic (exact) mass is 418 g/mol. The molecule has 0 radical (unpaired) electrons. The van der Waals surface area contributed by atoms with Gasteiger partial charge in [0.2, 0.25) is 0 Å². The summed E-state index contributed by atoms with van der Waals surface area (Å²) in [5, 5.41) is 0. The number of aryl methyl sites for hydroxylation is 1. The van der Waals surface area contributed by atoms with E-state index in [1.54, 1.807) is 6.20 Å². The number of hydrogen-bond acceptors (Lipinski definition) is 4. The van der Waals surface area contributed by atoms with Crippen LogP contribution in [0.2, 0.25) is 0 Å². The lowest BCUT2D eigenvalue weighted by Crippen LogP contribution is -2.32. The van der Waals surface area contributed by atoms with Gasteiger partial charge >= 0.3 is 0 Å². The highest BCUT2D eigenvalue weighted by atomic mass is 16.2. The van der Waals surface area contributed by atoms with Crippen LogP contribution >= 0.6 is 0 Å². The van der Waals surface area contributed by atoms with E-state index in [-0.39, 0.29) is 11.8 Å². The summed E-state index contributed by atoms with van der Waals surface area (Å²) in [7, 11) is 0. The van der Waals surface area contributed by atoms with E-state index in [0.29, 0.717) is 12.1 Å². The zero-order valence-electron chi connectivity index (χ0n) is 18.3. The van der Waals surface area contributed by atoms with Gasteiger partial charge in [0.05, 0.1) is 5.56 Å². The van der Waals surface area contributed by atoms with Gasteiger partial charge in [-0.3, -0.25) is 9.59 Å². The first-order valence-corrected chi connectivity index (χ1v) is 11.6. The van der Waals surface area contributed by atoms with Crippen molar-refractivity contribution in [2.45, 2.75) is 52.0 Å². The van der Waals surface area contributed by atoms with E-state index >= 15 is 0 Å². The van der Waals surface area contributed by atoms with E-state index in [2.05, 4.69) is 17.0 Å². The van der Waals surface area contributed by atoms with Gasteiger partial charge in [-0.1, -0.05) is 12.8 Å². The summed E-state index contributed by atoms with van der Waals surface area (Å²) in [5.74, 6) is 1.18. The number of nitrogens with zero attached hydrogens (tertiary/aromatic N) is 4. The lowest BCUT2D eigenvalue weighted by Gasteiger charge is -2.31. The molecular weight excluding hydrogens is 388 g/mol. The second kappa shape index (κ2) is 8.33. The molecule has 162 valence electrons. The highest BCUT2D eigenvalue weighted by Gasteiger charge is 2.28. The quantitative estimate of drug-likeness (QED) is 0.751. The molecule has 6 heteroatoms. The summed E-state index contributed by atoms with van der Waals surface area (Å²) in [6, 6.07) is 8.17. The van der Waals surface area contributed by atoms with Gasteiger partial charge in [-0.2, -0.15) is 0 Å². The van der Waals surface area contributed by atoms with Crippen LogP contribution in [0.15, 0.2) is 30.5 Å².